The summed E-state index contributed by atoms with van der Waals surface area (Å²) in [6.45, 7) is 0. The molecule has 87 valence electrons. The van der Waals surface area contributed by atoms with Crippen molar-refractivity contribution in [3.8, 4) is 0 Å². The van der Waals surface area contributed by atoms with Crippen LogP contribution in [0.15, 0.2) is 0 Å². The van der Waals surface area contributed by atoms with Crippen molar-refractivity contribution in [2.45, 2.75) is 70.6 Å². The third-order valence-electron chi connectivity index (χ3n) is 3.31. The summed E-state index contributed by atoms with van der Waals surface area (Å²) in [6, 6.07) is 0. The number of rotatable bonds is 1. The van der Waals surface area contributed by atoms with E-state index in [1.165, 1.54) is 44.9 Å². The fourth-order valence-electron chi connectivity index (χ4n) is 2.29. The Morgan fingerprint density at radius 2 is 1.07 bits per heavy atom. The minimum Gasteiger partial charge on any atom is -0.369 e. The number of hydrogen-bond acceptors (Lipinski definition) is 1. The van der Waals surface area contributed by atoms with E-state index in [1.54, 1.807) is 0 Å². The van der Waals surface area contributed by atoms with E-state index in [-0.39, 0.29) is 5.91 Å². The maximum Gasteiger partial charge on any atom is 0.224 e. The van der Waals surface area contributed by atoms with Crippen LogP contribution in [0.5, 0.6) is 0 Å². The van der Waals surface area contributed by atoms with Crippen molar-refractivity contribution in [3.05, 3.63) is 5.92 Å². The van der Waals surface area contributed by atoms with E-state index >= 15 is 0 Å². The Hall–Kier alpha value is -0.530. The van der Waals surface area contributed by atoms with Gasteiger partial charge in [0, 0.05) is 0 Å². The maximum atomic E-state index is 11.2. The molecule has 0 aliphatic heterocycles. The smallest absolute Gasteiger partial charge is 0.224 e. The van der Waals surface area contributed by atoms with Crippen molar-refractivity contribution < 1.29 is 4.79 Å². The molecule has 0 aromatic heterocycles. The number of amides is 1. The molecule has 1 rings (SSSR count). The van der Waals surface area contributed by atoms with Crippen LogP contribution in [-0.4, -0.2) is 5.91 Å². The van der Waals surface area contributed by atoms with Gasteiger partial charge in [-0.1, -0.05) is 57.8 Å². The van der Waals surface area contributed by atoms with Crippen LogP contribution < -0.4 is 5.73 Å². The molecule has 0 atom stereocenters. The highest BCUT2D eigenvalue weighted by atomic mass is 16.1. The van der Waals surface area contributed by atoms with Crippen LogP contribution >= 0.6 is 0 Å². The molecule has 0 saturated heterocycles. The highest BCUT2D eigenvalue weighted by Gasteiger charge is 2.15. The first-order valence-corrected chi connectivity index (χ1v) is 6.45. The van der Waals surface area contributed by atoms with Crippen molar-refractivity contribution >= 4 is 5.91 Å². The highest BCUT2D eigenvalue weighted by Crippen LogP contribution is 2.21. The Bertz CT molecular complexity index is 167. The monoisotopic (exact) mass is 210 g/mol. The molecule has 0 bridgehead atoms. The van der Waals surface area contributed by atoms with Crippen molar-refractivity contribution in [1.29, 1.82) is 0 Å². The average molecular weight is 210 g/mol. The molecule has 1 saturated carbocycles. The SMILES string of the molecule is NC(=O)[C]1CCCCCCCCCCC1. The number of carbonyl (C=O) groups excluding carboxylic acids is 1. The zero-order valence-corrected chi connectivity index (χ0v) is 9.76. The van der Waals surface area contributed by atoms with Crippen molar-refractivity contribution in [1.82, 2.24) is 0 Å². The molecule has 0 aromatic carbocycles. The van der Waals surface area contributed by atoms with Gasteiger partial charge in [0.25, 0.3) is 0 Å². The van der Waals surface area contributed by atoms with Gasteiger partial charge in [0.15, 0.2) is 0 Å². The largest absolute Gasteiger partial charge is 0.369 e. The fraction of sp³-hybridized carbons (Fsp3) is 0.846. The average Bonchev–Trinajstić information content (AvgIpc) is 2.18. The van der Waals surface area contributed by atoms with Crippen LogP contribution in [0.4, 0.5) is 0 Å². The predicted octanol–water partition coefficient (Wildman–Crippen LogP) is 3.35. The first-order chi connectivity index (χ1) is 7.30. The summed E-state index contributed by atoms with van der Waals surface area (Å²) in [5, 5.41) is 0. The molecule has 2 nitrogen and oxygen atoms in total. The summed E-state index contributed by atoms with van der Waals surface area (Å²) in [4.78, 5) is 11.2. The number of primary amides is 1. The zero-order valence-electron chi connectivity index (χ0n) is 9.76. The molecule has 0 spiro atoms. The van der Waals surface area contributed by atoms with Crippen molar-refractivity contribution in [3.63, 3.8) is 0 Å². The Morgan fingerprint density at radius 1 is 0.733 bits per heavy atom. The van der Waals surface area contributed by atoms with Gasteiger partial charge in [-0.25, -0.2) is 0 Å². The van der Waals surface area contributed by atoms with Gasteiger partial charge in [-0.2, -0.15) is 0 Å². The molecule has 1 aliphatic rings. The van der Waals surface area contributed by atoms with E-state index in [0.29, 0.717) is 0 Å². The second-order valence-electron chi connectivity index (χ2n) is 4.65. The molecule has 1 amide bonds. The van der Waals surface area contributed by atoms with E-state index in [9.17, 15) is 4.79 Å². The first kappa shape index (κ1) is 12.5. The summed E-state index contributed by atoms with van der Waals surface area (Å²) < 4.78 is 0. The Morgan fingerprint density at radius 3 is 1.40 bits per heavy atom. The van der Waals surface area contributed by atoms with Gasteiger partial charge in [0.05, 0.1) is 5.92 Å². The third-order valence-corrected chi connectivity index (χ3v) is 3.31. The molecule has 1 aliphatic carbocycles. The molecule has 0 unspecified atom stereocenters. The molecule has 0 heterocycles. The lowest BCUT2D eigenvalue weighted by molar-refractivity contribution is -0.116. The molecule has 1 radical (unpaired) electrons. The quantitative estimate of drug-likeness (QED) is 0.708. The van der Waals surface area contributed by atoms with E-state index < -0.39 is 0 Å². The van der Waals surface area contributed by atoms with Crippen LogP contribution in [0.25, 0.3) is 0 Å². The molecule has 0 aromatic rings. The minimum absolute atomic E-state index is 0.160. The molecular weight excluding hydrogens is 186 g/mol. The maximum absolute atomic E-state index is 11.2. The van der Waals surface area contributed by atoms with E-state index in [0.717, 1.165) is 31.6 Å². The Labute approximate surface area is 93.6 Å². The van der Waals surface area contributed by atoms with Gasteiger partial charge in [0.1, 0.15) is 0 Å². The van der Waals surface area contributed by atoms with Crippen molar-refractivity contribution in [2.75, 3.05) is 0 Å². The zero-order chi connectivity index (χ0) is 10.9. The van der Waals surface area contributed by atoms with Crippen LogP contribution in [0.1, 0.15) is 70.6 Å². The Balaban J connectivity index is 2.28. The lowest BCUT2D eigenvalue weighted by atomic mass is 9.92. The summed E-state index contributed by atoms with van der Waals surface area (Å²) >= 11 is 0. The van der Waals surface area contributed by atoms with Gasteiger partial charge in [0.2, 0.25) is 5.91 Å². The van der Waals surface area contributed by atoms with E-state index in [1.807, 2.05) is 0 Å². The summed E-state index contributed by atoms with van der Waals surface area (Å²) in [6.07, 6.45) is 13.5. The van der Waals surface area contributed by atoms with Gasteiger partial charge in [-0.05, 0) is 12.8 Å². The lowest BCUT2D eigenvalue weighted by Crippen LogP contribution is -2.21. The number of hydrogen-bond donors (Lipinski definition) is 1. The van der Waals surface area contributed by atoms with Crippen LogP contribution in [0, 0.1) is 5.92 Å². The van der Waals surface area contributed by atoms with E-state index in [2.05, 4.69) is 0 Å². The fourth-order valence-corrected chi connectivity index (χ4v) is 2.29. The molecule has 2 heteroatoms. The topological polar surface area (TPSA) is 43.1 Å². The highest BCUT2D eigenvalue weighted by molar-refractivity contribution is 5.88. The first-order valence-electron chi connectivity index (χ1n) is 6.45. The Kier molecular flexibility index (Phi) is 6.45. The van der Waals surface area contributed by atoms with E-state index in [4.69, 9.17) is 5.73 Å². The van der Waals surface area contributed by atoms with Crippen LogP contribution in [0.3, 0.4) is 0 Å². The lowest BCUT2D eigenvalue weighted by Gasteiger charge is -2.13. The summed E-state index contributed by atoms with van der Waals surface area (Å²) in [7, 11) is 0. The third kappa shape index (κ3) is 5.81. The van der Waals surface area contributed by atoms with Crippen molar-refractivity contribution in [2.24, 2.45) is 5.73 Å². The molecule has 15 heavy (non-hydrogen) atoms. The predicted molar refractivity (Wildman–Crippen MR) is 63.2 cm³/mol. The normalized spacial score (nSPS) is 22.7. The second kappa shape index (κ2) is 7.72. The summed E-state index contributed by atoms with van der Waals surface area (Å²) in [5.41, 5.74) is 5.37. The van der Waals surface area contributed by atoms with Gasteiger partial charge >= 0.3 is 0 Å². The number of nitrogens with two attached hydrogens (primary N) is 1. The minimum atomic E-state index is -0.160. The van der Waals surface area contributed by atoms with Crippen LogP contribution in [-0.2, 0) is 4.79 Å². The van der Waals surface area contributed by atoms with Gasteiger partial charge in [-0.15, -0.1) is 0 Å². The van der Waals surface area contributed by atoms with Crippen LogP contribution in [0.2, 0.25) is 0 Å². The molecule has 2 N–H and O–H groups in total. The molecule has 1 fully saturated rings. The van der Waals surface area contributed by atoms with Gasteiger partial charge < -0.3 is 5.73 Å². The number of carbonyl (C=O) groups is 1. The second-order valence-corrected chi connectivity index (χ2v) is 4.65. The summed E-state index contributed by atoms with van der Waals surface area (Å²) in [5.74, 6) is 0.822. The van der Waals surface area contributed by atoms with Gasteiger partial charge in [-0.3, -0.25) is 4.79 Å². The molecular formula is C13H24NO. The standard InChI is InChI=1S/C13H24NO/c14-13(15)12-10-8-6-4-2-1-3-5-7-9-11-12/h1-11H2,(H2,14,15).